The molecule has 2 heterocycles. The van der Waals surface area contributed by atoms with E-state index in [1.165, 1.54) is 0 Å². The Balaban J connectivity index is 1.85. The maximum atomic E-state index is 11.9. The molecule has 1 aromatic heterocycles. The van der Waals surface area contributed by atoms with Crippen molar-refractivity contribution in [3.05, 3.63) is 30.1 Å². The van der Waals surface area contributed by atoms with Crippen molar-refractivity contribution >= 4 is 12.2 Å². The zero-order valence-corrected chi connectivity index (χ0v) is 15.4. The Morgan fingerprint density at radius 3 is 3.12 bits per heavy atom. The molecule has 0 aliphatic carbocycles. The van der Waals surface area contributed by atoms with Crippen molar-refractivity contribution in [3.8, 4) is 5.75 Å². The van der Waals surface area contributed by atoms with Crippen molar-refractivity contribution in [1.82, 2.24) is 15.2 Å². The van der Waals surface area contributed by atoms with Crippen molar-refractivity contribution in [1.29, 1.82) is 0 Å². The molecule has 25 heavy (non-hydrogen) atoms. The van der Waals surface area contributed by atoms with Crippen molar-refractivity contribution < 1.29 is 14.3 Å². The predicted octanol–water partition coefficient (Wildman–Crippen LogP) is 3.09. The van der Waals surface area contributed by atoms with E-state index in [-0.39, 0.29) is 12.2 Å². The van der Waals surface area contributed by atoms with E-state index in [9.17, 15) is 4.79 Å². The van der Waals surface area contributed by atoms with Crippen LogP contribution in [0.5, 0.6) is 5.75 Å². The molecule has 0 saturated carbocycles. The normalized spacial score (nSPS) is 18.5. The highest BCUT2D eigenvalue weighted by Gasteiger charge is 2.28. The minimum Gasteiger partial charge on any atom is -0.487 e. The lowest BCUT2D eigenvalue weighted by molar-refractivity contribution is 0.105. The van der Waals surface area contributed by atoms with Crippen LogP contribution in [0.1, 0.15) is 38.7 Å². The molecule has 1 saturated heterocycles. The molecule has 2 atom stereocenters. The predicted molar refractivity (Wildman–Crippen MR) is 98.7 cm³/mol. The van der Waals surface area contributed by atoms with Crippen LogP contribution < -0.4 is 10.1 Å². The maximum absolute atomic E-state index is 11.9. The number of rotatable bonds is 8. The summed E-state index contributed by atoms with van der Waals surface area (Å²) in [6.07, 6.45) is 10.0. The first kappa shape index (κ1) is 19.2. The Kier molecular flexibility index (Phi) is 7.73. The lowest BCUT2D eigenvalue weighted by Gasteiger charge is -2.17. The van der Waals surface area contributed by atoms with Crippen LogP contribution in [-0.4, -0.2) is 54.9 Å². The third-order valence-corrected chi connectivity index (χ3v) is 4.16. The molecule has 1 aromatic rings. The molecule has 0 spiro atoms. The van der Waals surface area contributed by atoms with E-state index in [1.54, 1.807) is 11.1 Å². The number of pyridine rings is 1. The fourth-order valence-corrected chi connectivity index (χ4v) is 2.58. The van der Waals surface area contributed by atoms with Gasteiger partial charge in [-0.15, -0.1) is 0 Å². The van der Waals surface area contributed by atoms with Crippen molar-refractivity contribution in [2.45, 2.75) is 45.3 Å². The van der Waals surface area contributed by atoms with Gasteiger partial charge in [-0.3, -0.25) is 4.98 Å². The summed E-state index contributed by atoms with van der Waals surface area (Å²) in [6, 6.07) is 2.42. The topological polar surface area (TPSA) is 63.7 Å². The van der Waals surface area contributed by atoms with Gasteiger partial charge in [-0.25, -0.2) is 4.79 Å². The number of carbonyl (C=O) groups excluding carboxylic acids is 1. The van der Waals surface area contributed by atoms with Crippen LogP contribution in [0.3, 0.4) is 0 Å². The average molecular weight is 347 g/mol. The second-order valence-corrected chi connectivity index (χ2v) is 6.37. The molecule has 1 amide bonds. The number of ether oxygens (including phenoxy) is 2. The molecule has 6 heteroatoms. The zero-order valence-electron chi connectivity index (χ0n) is 15.4. The van der Waals surface area contributed by atoms with Gasteiger partial charge in [0.15, 0.2) is 0 Å². The first-order valence-corrected chi connectivity index (χ1v) is 8.99. The highest BCUT2D eigenvalue weighted by atomic mass is 16.6. The summed E-state index contributed by atoms with van der Waals surface area (Å²) < 4.78 is 11.2. The monoisotopic (exact) mass is 347 g/mol. The van der Waals surface area contributed by atoms with Gasteiger partial charge in [0.05, 0.1) is 19.3 Å². The molecule has 6 nitrogen and oxygen atoms in total. The fraction of sp³-hybridized carbons (Fsp3) is 0.579. The smallest absolute Gasteiger partial charge is 0.409 e. The lowest BCUT2D eigenvalue weighted by atomic mass is 10.2. The Morgan fingerprint density at radius 1 is 1.52 bits per heavy atom. The van der Waals surface area contributed by atoms with E-state index in [4.69, 9.17) is 9.47 Å². The van der Waals surface area contributed by atoms with Crippen molar-refractivity contribution in [2.24, 2.45) is 0 Å². The molecular weight excluding hydrogens is 318 g/mol. The van der Waals surface area contributed by atoms with Gasteiger partial charge in [0.25, 0.3) is 0 Å². The first-order valence-electron chi connectivity index (χ1n) is 8.99. The molecule has 1 aliphatic rings. The summed E-state index contributed by atoms with van der Waals surface area (Å²) >= 11 is 0. The molecule has 1 N–H and O–H groups in total. The molecule has 0 bridgehead atoms. The molecule has 1 aliphatic heterocycles. The molecule has 0 aromatic carbocycles. The number of hydrogen-bond donors (Lipinski definition) is 1. The fourth-order valence-electron chi connectivity index (χ4n) is 2.58. The summed E-state index contributed by atoms with van der Waals surface area (Å²) in [7, 11) is 1.96. The first-order chi connectivity index (χ1) is 12.1. The number of likely N-dealkylation sites (tertiary alicyclic amines) is 1. The molecular formula is C19H29N3O3. The number of nitrogens with zero attached hydrogens (tertiary/aromatic N) is 2. The van der Waals surface area contributed by atoms with Gasteiger partial charge in [-0.05, 0) is 38.4 Å². The van der Waals surface area contributed by atoms with E-state index in [0.29, 0.717) is 25.7 Å². The largest absolute Gasteiger partial charge is 0.487 e. The summed E-state index contributed by atoms with van der Waals surface area (Å²) in [5.41, 5.74) is 1.01. The molecule has 138 valence electrons. The quantitative estimate of drug-likeness (QED) is 0.783. The van der Waals surface area contributed by atoms with Gasteiger partial charge in [-0.1, -0.05) is 19.1 Å². The molecule has 2 rings (SSSR count). The van der Waals surface area contributed by atoms with Crippen LogP contribution in [0.15, 0.2) is 24.5 Å². The minimum atomic E-state index is -0.249. The highest BCUT2D eigenvalue weighted by Crippen LogP contribution is 2.20. The maximum Gasteiger partial charge on any atom is 0.409 e. The third kappa shape index (κ3) is 6.38. The van der Waals surface area contributed by atoms with Crippen LogP contribution in [0.2, 0.25) is 0 Å². The van der Waals surface area contributed by atoms with Gasteiger partial charge in [0.1, 0.15) is 11.9 Å². The molecule has 0 unspecified atom stereocenters. The summed E-state index contributed by atoms with van der Waals surface area (Å²) in [5, 5.41) is 3.20. The minimum absolute atomic E-state index is 0.0143. The van der Waals surface area contributed by atoms with Gasteiger partial charge >= 0.3 is 6.09 Å². The van der Waals surface area contributed by atoms with Crippen LogP contribution in [-0.2, 0) is 4.74 Å². The van der Waals surface area contributed by atoms with Crippen LogP contribution >= 0.6 is 0 Å². The Morgan fingerprint density at radius 2 is 2.36 bits per heavy atom. The Labute approximate surface area is 150 Å². The highest BCUT2D eigenvalue weighted by molar-refractivity contribution is 5.68. The molecule has 0 radical (unpaired) electrons. The summed E-state index contributed by atoms with van der Waals surface area (Å²) in [4.78, 5) is 17.8. The van der Waals surface area contributed by atoms with E-state index in [1.807, 2.05) is 26.2 Å². The SMILES string of the molecule is CCCOC(=O)N1CC[C@H](Oc2cncc(/C=C/C[C@H](C)NC)c2)C1. The van der Waals surface area contributed by atoms with Crippen LogP contribution in [0.4, 0.5) is 4.79 Å². The van der Waals surface area contributed by atoms with Gasteiger partial charge in [-0.2, -0.15) is 0 Å². The molecule has 1 fully saturated rings. The van der Waals surface area contributed by atoms with Gasteiger partial charge < -0.3 is 19.7 Å². The second kappa shape index (κ2) is 10.0. The Bertz CT molecular complexity index is 577. The van der Waals surface area contributed by atoms with Gasteiger partial charge in [0, 0.05) is 25.2 Å². The van der Waals surface area contributed by atoms with Gasteiger partial charge in [0.2, 0.25) is 0 Å². The van der Waals surface area contributed by atoms with Crippen LogP contribution in [0, 0.1) is 0 Å². The number of nitrogens with one attached hydrogen (secondary N) is 1. The average Bonchev–Trinajstić information content (AvgIpc) is 3.08. The summed E-state index contributed by atoms with van der Waals surface area (Å²) in [5.74, 6) is 0.734. The van der Waals surface area contributed by atoms with E-state index >= 15 is 0 Å². The van der Waals surface area contributed by atoms with Crippen molar-refractivity contribution in [2.75, 3.05) is 26.7 Å². The van der Waals surface area contributed by atoms with E-state index in [0.717, 1.165) is 30.6 Å². The van der Waals surface area contributed by atoms with Crippen molar-refractivity contribution in [3.63, 3.8) is 0 Å². The second-order valence-electron chi connectivity index (χ2n) is 6.37. The number of hydrogen-bond acceptors (Lipinski definition) is 5. The van der Waals surface area contributed by atoms with E-state index in [2.05, 4.69) is 29.4 Å². The number of carbonyl (C=O) groups is 1. The number of aromatic nitrogens is 1. The Hall–Kier alpha value is -2.08. The standard InChI is InChI=1S/C19H29N3O3/c1-4-10-24-19(23)22-9-8-17(14-22)25-18-11-16(12-21-13-18)7-5-6-15(2)20-3/h5,7,11-13,15,17,20H,4,6,8-10,14H2,1-3H3/b7-5+/t15-,17-/m0/s1. The zero-order chi connectivity index (χ0) is 18.1. The summed E-state index contributed by atoms with van der Waals surface area (Å²) in [6.45, 7) is 5.81. The third-order valence-electron chi connectivity index (χ3n) is 4.16. The van der Waals surface area contributed by atoms with E-state index < -0.39 is 0 Å². The van der Waals surface area contributed by atoms with Crippen LogP contribution in [0.25, 0.3) is 6.08 Å². The number of amides is 1. The lowest BCUT2D eigenvalue weighted by Crippen LogP contribution is -2.31.